The molecule has 0 fully saturated rings. The summed E-state index contributed by atoms with van der Waals surface area (Å²) in [5.74, 6) is -0.0926. The average molecular weight is 225 g/mol. The van der Waals surface area contributed by atoms with E-state index >= 15 is 0 Å². The highest BCUT2D eigenvalue weighted by molar-refractivity contribution is 5.93. The third kappa shape index (κ3) is 2.53. The Morgan fingerprint density at radius 3 is 2.62 bits per heavy atom. The van der Waals surface area contributed by atoms with Crippen LogP contribution in [0.4, 0.5) is 5.69 Å². The molecule has 16 heavy (non-hydrogen) atoms. The van der Waals surface area contributed by atoms with Gasteiger partial charge in [-0.3, -0.25) is 4.68 Å². The topological polar surface area (TPSA) is 70.1 Å². The predicted molar refractivity (Wildman–Crippen MR) is 62.1 cm³/mol. The summed E-state index contributed by atoms with van der Waals surface area (Å²) >= 11 is 0. The molecule has 1 rings (SSSR count). The maximum atomic E-state index is 11.8. The van der Waals surface area contributed by atoms with Crippen molar-refractivity contribution < 1.29 is 9.53 Å². The SMILES string of the molecule is CCc1nn(C)c(C(=O)OCC(C)C)c1N. The van der Waals surface area contributed by atoms with E-state index in [0.717, 1.165) is 5.69 Å². The van der Waals surface area contributed by atoms with E-state index in [1.54, 1.807) is 7.05 Å². The van der Waals surface area contributed by atoms with E-state index in [2.05, 4.69) is 5.10 Å². The highest BCUT2D eigenvalue weighted by Crippen LogP contribution is 2.18. The molecule has 0 aliphatic carbocycles. The van der Waals surface area contributed by atoms with Crippen LogP contribution in [0.5, 0.6) is 0 Å². The second-order valence-electron chi connectivity index (χ2n) is 4.18. The number of carbonyl (C=O) groups excluding carboxylic acids is 1. The van der Waals surface area contributed by atoms with Crippen molar-refractivity contribution in [3.05, 3.63) is 11.4 Å². The summed E-state index contributed by atoms with van der Waals surface area (Å²) < 4.78 is 6.61. The quantitative estimate of drug-likeness (QED) is 0.786. The zero-order valence-corrected chi connectivity index (χ0v) is 10.3. The molecule has 5 nitrogen and oxygen atoms in total. The van der Waals surface area contributed by atoms with Gasteiger partial charge in [0.1, 0.15) is 0 Å². The molecule has 0 unspecified atom stereocenters. The summed E-state index contributed by atoms with van der Waals surface area (Å²) in [6.45, 7) is 6.31. The number of nitrogens with zero attached hydrogens (tertiary/aromatic N) is 2. The Hall–Kier alpha value is -1.52. The zero-order chi connectivity index (χ0) is 12.3. The van der Waals surface area contributed by atoms with E-state index in [1.165, 1.54) is 4.68 Å². The smallest absolute Gasteiger partial charge is 0.358 e. The molecule has 90 valence electrons. The lowest BCUT2D eigenvalue weighted by atomic mass is 10.2. The van der Waals surface area contributed by atoms with Crippen molar-refractivity contribution >= 4 is 11.7 Å². The molecule has 0 spiro atoms. The molecule has 0 saturated carbocycles. The van der Waals surface area contributed by atoms with Crippen LogP contribution < -0.4 is 5.73 Å². The van der Waals surface area contributed by atoms with Crippen molar-refractivity contribution in [2.24, 2.45) is 13.0 Å². The largest absolute Gasteiger partial charge is 0.461 e. The molecule has 0 aromatic carbocycles. The van der Waals surface area contributed by atoms with Gasteiger partial charge in [0.15, 0.2) is 5.69 Å². The Bertz CT molecular complexity index is 383. The summed E-state index contributed by atoms with van der Waals surface area (Å²) in [5, 5.41) is 4.17. The first-order valence-electron chi connectivity index (χ1n) is 5.45. The number of hydrogen-bond donors (Lipinski definition) is 1. The number of nitrogen functional groups attached to an aromatic ring is 1. The Morgan fingerprint density at radius 1 is 1.56 bits per heavy atom. The molecule has 0 aliphatic heterocycles. The van der Waals surface area contributed by atoms with E-state index in [9.17, 15) is 4.79 Å². The Morgan fingerprint density at radius 2 is 2.19 bits per heavy atom. The minimum Gasteiger partial charge on any atom is -0.461 e. The molecule has 2 N–H and O–H groups in total. The van der Waals surface area contributed by atoms with Crippen molar-refractivity contribution in [1.82, 2.24) is 9.78 Å². The molecule has 0 amide bonds. The van der Waals surface area contributed by atoms with Crippen LogP contribution in [0.15, 0.2) is 0 Å². The van der Waals surface area contributed by atoms with Gasteiger partial charge in [-0.1, -0.05) is 20.8 Å². The second kappa shape index (κ2) is 5.01. The van der Waals surface area contributed by atoms with Crippen LogP contribution in [0.3, 0.4) is 0 Å². The highest BCUT2D eigenvalue weighted by Gasteiger charge is 2.20. The van der Waals surface area contributed by atoms with Crippen molar-refractivity contribution in [3.8, 4) is 0 Å². The molecule has 0 atom stereocenters. The van der Waals surface area contributed by atoms with Crippen LogP contribution in [0, 0.1) is 5.92 Å². The summed E-state index contributed by atoms with van der Waals surface area (Å²) in [6, 6.07) is 0. The fourth-order valence-electron chi connectivity index (χ4n) is 1.41. The van der Waals surface area contributed by atoms with E-state index in [4.69, 9.17) is 10.5 Å². The number of nitrogens with two attached hydrogens (primary N) is 1. The maximum absolute atomic E-state index is 11.8. The van der Waals surface area contributed by atoms with E-state index < -0.39 is 5.97 Å². The number of hydrogen-bond acceptors (Lipinski definition) is 4. The van der Waals surface area contributed by atoms with E-state index in [1.807, 2.05) is 20.8 Å². The summed E-state index contributed by atoms with van der Waals surface area (Å²) in [6.07, 6.45) is 0.705. The Balaban J connectivity index is 2.86. The number of esters is 1. The number of rotatable bonds is 4. The van der Waals surface area contributed by atoms with Crippen LogP contribution in [-0.4, -0.2) is 22.4 Å². The minimum absolute atomic E-state index is 0.309. The van der Waals surface area contributed by atoms with Crippen LogP contribution in [-0.2, 0) is 18.2 Å². The van der Waals surface area contributed by atoms with Gasteiger partial charge in [0.2, 0.25) is 0 Å². The normalized spacial score (nSPS) is 10.8. The summed E-state index contributed by atoms with van der Waals surface area (Å²) in [4.78, 5) is 11.8. The van der Waals surface area contributed by atoms with E-state index in [-0.39, 0.29) is 0 Å². The van der Waals surface area contributed by atoms with E-state index in [0.29, 0.717) is 30.3 Å². The first-order chi connectivity index (χ1) is 7.47. The van der Waals surface area contributed by atoms with Crippen LogP contribution in [0.2, 0.25) is 0 Å². The number of carbonyl (C=O) groups is 1. The minimum atomic E-state index is -0.402. The lowest BCUT2D eigenvalue weighted by Gasteiger charge is -2.07. The van der Waals surface area contributed by atoms with Gasteiger partial charge in [0, 0.05) is 7.05 Å². The predicted octanol–water partition coefficient (Wildman–Crippen LogP) is 1.38. The molecule has 0 saturated heterocycles. The first kappa shape index (κ1) is 12.5. The molecule has 1 heterocycles. The van der Waals surface area contributed by atoms with Gasteiger partial charge < -0.3 is 10.5 Å². The highest BCUT2D eigenvalue weighted by atomic mass is 16.5. The number of anilines is 1. The van der Waals surface area contributed by atoms with Gasteiger partial charge in [-0.25, -0.2) is 4.79 Å². The molecule has 1 aromatic rings. The van der Waals surface area contributed by atoms with Crippen LogP contribution >= 0.6 is 0 Å². The van der Waals surface area contributed by atoms with Crippen molar-refractivity contribution in [2.45, 2.75) is 27.2 Å². The number of aromatic nitrogens is 2. The Kier molecular flexibility index (Phi) is 3.93. The van der Waals surface area contributed by atoms with Crippen LogP contribution in [0.25, 0.3) is 0 Å². The van der Waals surface area contributed by atoms with Gasteiger partial charge in [0.25, 0.3) is 0 Å². The second-order valence-corrected chi connectivity index (χ2v) is 4.18. The molecule has 0 aliphatic rings. The zero-order valence-electron chi connectivity index (χ0n) is 10.3. The van der Waals surface area contributed by atoms with Gasteiger partial charge in [-0.05, 0) is 12.3 Å². The lowest BCUT2D eigenvalue weighted by Crippen LogP contribution is -2.15. The lowest BCUT2D eigenvalue weighted by molar-refractivity contribution is 0.0447. The van der Waals surface area contributed by atoms with Crippen LogP contribution in [0.1, 0.15) is 37.0 Å². The number of ether oxygens (including phenoxy) is 1. The standard InChI is InChI=1S/C11H19N3O2/c1-5-8-9(12)10(14(4)13-8)11(15)16-6-7(2)3/h7H,5-6,12H2,1-4H3. The molecule has 0 bridgehead atoms. The fraction of sp³-hybridized carbons (Fsp3) is 0.636. The van der Waals surface area contributed by atoms with Gasteiger partial charge in [-0.2, -0.15) is 5.10 Å². The number of aryl methyl sites for hydroxylation is 2. The van der Waals surface area contributed by atoms with Gasteiger partial charge >= 0.3 is 5.97 Å². The third-order valence-electron chi connectivity index (χ3n) is 2.24. The van der Waals surface area contributed by atoms with Crippen molar-refractivity contribution in [1.29, 1.82) is 0 Å². The van der Waals surface area contributed by atoms with Gasteiger partial charge in [-0.15, -0.1) is 0 Å². The van der Waals surface area contributed by atoms with Crippen molar-refractivity contribution in [3.63, 3.8) is 0 Å². The summed E-state index contributed by atoms with van der Waals surface area (Å²) in [7, 11) is 1.70. The third-order valence-corrected chi connectivity index (χ3v) is 2.24. The van der Waals surface area contributed by atoms with Crippen molar-refractivity contribution in [2.75, 3.05) is 12.3 Å². The maximum Gasteiger partial charge on any atom is 0.358 e. The first-order valence-corrected chi connectivity index (χ1v) is 5.45. The summed E-state index contributed by atoms with van der Waals surface area (Å²) in [5.41, 5.74) is 7.35. The molecular weight excluding hydrogens is 206 g/mol. The fourth-order valence-corrected chi connectivity index (χ4v) is 1.41. The molecule has 1 aromatic heterocycles. The van der Waals surface area contributed by atoms with Gasteiger partial charge in [0.05, 0.1) is 18.0 Å². The Labute approximate surface area is 95.6 Å². The monoisotopic (exact) mass is 225 g/mol. The molecule has 5 heteroatoms. The average Bonchev–Trinajstić information content (AvgIpc) is 2.50. The molecular formula is C11H19N3O2. The molecule has 0 radical (unpaired) electrons.